The van der Waals surface area contributed by atoms with E-state index < -0.39 is 0 Å². The predicted octanol–water partition coefficient (Wildman–Crippen LogP) is 2.68. The van der Waals surface area contributed by atoms with Crippen LogP contribution in [0.25, 0.3) is 0 Å². The molecule has 0 saturated carbocycles. The zero-order valence-corrected chi connectivity index (χ0v) is 12.5. The number of hydrogen-bond donors (Lipinski definition) is 2. The van der Waals surface area contributed by atoms with Gasteiger partial charge in [0.1, 0.15) is 11.6 Å². The third-order valence-corrected chi connectivity index (χ3v) is 3.46. The van der Waals surface area contributed by atoms with Crippen molar-refractivity contribution in [2.24, 2.45) is 0 Å². The van der Waals surface area contributed by atoms with E-state index in [1.807, 2.05) is 0 Å². The first-order valence-electron chi connectivity index (χ1n) is 7.16. The van der Waals surface area contributed by atoms with E-state index in [1.54, 1.807) is 42.3 Å². The maximum Gasteiger partial charge on any atom is 0.146 e. The molecule has 2 N–H and O–H groups in total. The van der Waals surface area contributed by atoms with E-state index >= 15 is 0 Å². The summed E-state index contributed by atoms with van der Waals surface area (Å²) in [5.74, 6) is -0.564. The number of benzene rings is 2. The maximum absolute atomic E-state index is 13.8. The Kier molecular flexibility index (Phi) is 5.86. The van der Waals surface area contributed by atoms with Crippen molar-refractivity contribution < 1.29 is 13.9 Å². The minimum Gasteiger partial charge on any atom is -0.395 e. The predicted molar refractivity (Wildman–Crippen MR) is 83.7 cm³/mol. The number of nitrogens with zero attached hydrogens (tertiary/aromatic N) is 1. The number of likely N-dealkylation sites (N-methyl/N-ethyl adjacent to an activating group) is 1. The van der Waals surface area contributed by atoms with Crippen LogP contribution in [0.15, 0.2) is 42.5 Å². The standard InChI is InChI=1S/C17H20F2N2O/c1-21(8-9-22)17-10-13(6-7-16(17)19)11-20-12-14-4-2-3-5-15(14)18/h2-7,10,20,22H,8-9,11-12H2,1H3. The Labute approximate surface area is 129 Å². The quantitative estimate of drug-likeness (QED) is 0.825. The number of nitrogens with one attached hydrogen (secondary N) is 1. The van der Waals surface area contributed by atoms with Crippen LogP contribution in [0.3, 0.4) is 0 Å². The van der Waals surface area contributed by atoms with Gasteiger partial charge < -0.3 is 15.3 Å². The van der Waals surface area contributed by atoms with Crippen molar-refractivity contribution in [3.8, 4) is 0 Å². The molecule has 3 nitrogen and oxygen atoms in total. The van der Waals surface area contributed by atoms with E-state index in [2.05, 4.69) is 5.32 Å². The Morgan fingerprint density at radius 1 is 1.05 bits per heavy atom. The van der Waals surface area contributed by atoms with Crippen molar-refractivity contribution in [2.45, 2.75) is 13.1 Å². The van der Waals surface area contributed by atoms with Crippen molar-refractivity contribution in [1.29, 1.82) is 0 Å². The molecule has 0 spiro atoms. The third kappa shape index (κ3) is 4.26. The molecule has 2 aromatic rings. The molecule has 0 fully saturated rings. The molecule has 0 radical (unpaired) electrons. The normalized spacial score (nSPS) is 10.7. The molecule has 0 aromatic heterocycles. The molecule has 0 bridgehead atoms. The SMILES string of the molecule is CN(CCO)c1cc(CNCc2ccccc2F)ccc1F. The zero-order chi connectivity index (χ0) is 15.9. The lowest BCUT2D eigenvalue weighted by molar-refractivity contribution is 0.303. The Balaban J connectivity index is 1.98. The number of aliphatic hydroxyl groups excluding tert-OH is 1. The monoisotopic (exact) mass is 306 g/mol. The fraction of sp³-hybridized carbons (Fsp3) is 0.294. The summed E-state index contributed by atoms with van der Waals surface area (Å²) in [4.78, 5) is 1.66. The molecule has 118 valence electrons. The molecule has 0 aliphatic rings. The van der Waals surface area contributed by atoms with Gasteiger partial charge >= 0.3 is 0 Å². The minimum absolute atomic E-state index is 0.0360. The van der Waals surface area contributed by atoms with E-state index in [0.29, 0.717) is 30.9 Å². The highest BCUT2D eigenvalue weighted by atomic mass is 19.1. The molecule has 0 aliphatic carbocycles. The van der Waals surface area contributed by atoms with Gasteiger partial charge in [-0.05, 0) is 23.8 Å². The first-order chi connectivity index (χ1) is 10.6. The number of anilines is 1. The third-order valence-electron chi connectivity index (χ3n) is 3.46. The lowest BCUT2D eigenvalue weighted by atomic mass is 10.1. The van der Waals surface area contributed by atoms with E-state index in [0.717, 1.165) is 5.56 Å². The molecule has 0 atom stereocenters. The number of halogens is 2. The number of hydrogen-bond acceptors (Lipinski definition) is 3. The summed E-state index contributed by atoms with van der Waals surface area (Å²) < 4.78 is 27.3. The Morgan fingerprint density at radius 3 is 2.55 bits per heavy atom. The summed E-state index contributed by atoms with van der Waals surface area (Å²) in [6.07, 6.45) is 0. The lowest BCUT2D eigenvalue weighted by Crippen LogP contribution is -2.22. The van der Waals surface area contributed by atoms with Crippen LogP contribution in [-0.4, -0.2) is 25.3 Å². The Morgan fingerprint density at radius 2 is 1.82 bits per heavy atom. The van der Waals surface area contributed by atoms with Crippen LogP contribution in [0.5, 0.6) is 0 Å². The highest BCUT2D eigenvalue weighted by Gasteiger charge is 2.08. The molecule has 0 unspecified atom stereocenters. The first-order valence-corrected chi connectivity index (χ1v) is 7.16. The van der Waals surface area contributed by atoms with Crippen LogP contribution in [0.4, 0.5) is 14.5 Å². The van der Waals surface area contributed by atoms with Crippen molar-refractivity contribution in [3.63, 3.8) is 0 Å². The zero-order valence-electron chi connectivity index (χ0n) is 12.5. The number of aliphatic hydroxyl groups is 1. The van der Waals surface area contributed by atoms with Crippen LogP contribution in [0.1, 0.15) is 11.1 Å². The fourth-order valence-electron chi connectivity index (χ4n) is 2.21. The first kappa shape index (κ1) is 16.4. The maximum atomic E-state index is 13.8. The van der Waals surface area contributed by atoms with Gasteiger partial charge in [-0.3, -0.25) is 0 Å². The molecular weight excluding hydrogens is 286 g/mol. The van der Waals surface area contributed by atoms with E-state index in [1.165, 1.54) is 12.1 Å². The minimum atomic E-state index is -0.325. The van der Waals surface area contributed by atoms with E-state index in [9.17, 15) is 8.78 Å². The summed E-state index contributed by atoms with van der Waals surface area (Å²) in [6, 6.07) is 11.4. The van der Waals surface area contributed by atoms with Gasteiger partial charge in [0.15, 0.2) is 0 Å². The second-order valence-corrected chi connectivity index (χ2v) is 5.13. The van der Waals surface area contributed by atoms with Gasteiger partial charge in [-0.1, -0.05) is 24.3 Å². The molecule has 2 rings (SSSR count). The second-order valence-electron chi connectivity index (χ2n) is 5.13. The van der Waals surface area contributed by atoms with Crippen molar-refractivity contribution >= 4 is 5.69 Å². The van der Waals surface area contributed by atoms with Crippen LogP contribution in [0, 0.1) is 11.6 Å². The fourth-order valence-corrected chi connectivity index (χ4v) is 2.21. The van der Waals surface area contributed by atoms with Crippen LogP contribution >= 0.6 is 0 Å². The molecule has 0 aliphatic heterocycles. The van der Waals surface area contributed by atoms with Gasteiger partial charge in [0.2, 0.25) is 0 Å². The van der Waals surface area contributed by atoms with Crippen LogP contribution < -0.4 is 10.2 Å². The average molecular weight is 306 g/mol. The second kappa shape index (κ2) is 7.87. The smallest absolute Gasteiger partial charge is 0.146 e. The summed E-state index contributed by atoms with van der Waals surface area (Å²) in [7, 11) is 1.73. The van der Waals surface area contributed by atoms with Crippen LogP contribution in [-0.2, 0) is 13.1 Å². The highest BCUT2D eigenvalue weighted by molar-refractivity contribution is 5.49. The molecule has 22 heavy (non-hydrogen) atoms. The van der Waals surface area contributed by atoms with Gasteiger partial charge in [-0.25, -0.2) is 8.78 Å². The molecule has 0 heterocycles. The molecule has 5 heteroatoms. The van der Waals surface area contributed by atoms with Crippen molar-refractivity contribution in [1.82, 2.24) is 5.32 Å². The molecule has 0 amide bonds. The highest BCUT2D eigenvalue weighted by Crippen LogP contribution is 2.19. The number of rotatable bonds is 7. The molecule has 2 aromatic carbocycles. The van der Waals surface area contributed by atoms with Gasteiger partial charge in [0.25, 0.3) is 0 Å². The van der Waals surface area contributed by atoms with E-state index in [-0.39, 0.29) is 18.2 Å². The Bertz CT molecular complexity index is 619. The van der Waals surface area contributed by atoms with Gasteiger partial charge in [-0.15, -0.1) is 0 Å². The van der Waals surface area contributed by atoms with Gasteiger partial charge in [0.05, 0.1) is 12.3 Å². The van der Waals surface area contributed by atoms with Gasteiger partial charge in [0, 0.05) is 32.2 Å². The van der Waals surface area contributed by atoms with E-state index in [4.69, 9.17) is 5.11 Å². The Hall–Kier alpha value is -1.98. The largest absolute Gasteiger partial charge is 0.395 e. The van der Waals surface area contributed by atoms with Crippen LogP contribution in [0.2, 0.25) is 0 Å². The summed E-state index contributed by atoms with van der Waals surface area (Å²) in [5.41, 5.74) is 1.94. The topological polar surface area (TPSA) is 35.5 Å². The molecule has 0 saturated heterocycles. The summed E-state index contributed by atoms with van der Waals surface area (Å²) in [5, 5.41) is 12.1. The molecular formula is C17H20F2N2O. The summed E-state index contributed by atoms with van der Waals surface area (Å²) in [6.45, 7) is 1.25. The lowest BCUT2D eigenvalue weighted by Gasteiger charge is -2.19. The van der Waals surface area contributed by atoms with Gasteiger partial charge in [-0.2, -0.15) is 0 Å². The van der Waals surface area contributed by atoms with Crippen molar-refractivity contribution in [2.75, 3.05) is 25.1 Å². The average Bonchev–Trinajstić information content (AvgIpc) is 2.51. The summed E-state index contributed by atoms with van der Waals surface area (Å²) >= 11 is 0. The van der Waals surface area contributed by atoms with Crippen molar-refractivity contribution in [3.05, 3.63) is 65.2 Å².